The maximum atomic E-state index is 13.1. The van der Waals surface area contributed by atoms with Gasteiger partial charge in [-0.05, 0) is 67.6 Å². The Hall–Kier alpha value is -1.89. The number of benzene rings is 2. The van der Waals surface area contributed by atoms with Crippen LogP contribution in [0.3, 0.4) is 0 Å². The van der Waals surface area contributed by atoms with Gasteiger partial charge in [-0.15, -0.1) is 0 Å². The van der Waals surface area contributed by atoms with E-state index in [4.69, 9.17) is 11.6 Å². The lowest BCUT2D eigenvalue weighted by molar-refractivity contribution is 0.0754. The van der Waals surface area contributed by atoms with Crippen LogP contribution in [0.1, 0.15) is 53.9 Å². The summed E-state index contributed by atoms with van der Waals surface area (Å²) in [5, 5.41) is 0.712. The van der Waals surface area contributed by atoms with Crippen molar-refractivity contribution in [3.63, 3.8) is 0 Å². The van der Waals surface area contributed by atoms with Gasteiger partial charge in [-0.3, -0.25) is 4.79 Å². The first kappa shape index (κ1) is 21.3. The molecule has 4 rings (SSSR count). The minimum Gasteiger partial charge on any atom is -0.338 e. The molecule has 160 valence electrons. The topological polar surface area (TPSA) is 57.7 Å². The van der Waals surface area contributed by atoms with Gasteiger partial charge in [0.2, 0.25) is 10.0 Å². The van der Waals surface area contributed by atoms with Crippen LogP contribution in [0.25, 0.3) is 0 Å². The first-order valence-corrected chi connectivity index (χ1v) is 12.4. The minimum absolute atomic E-state index is 0.0408. The highest BCUT2D eigenvalue weighted by Crippen LogP contribution is 2.28. The summed E-state index contributed by atoms with van der Waals surface area (Å²) in [5.74, 6) is 0.240. The predicted molar refractivity (Wildman–Crippen MR) is 118 cm³/mol. The van der Waals surface area contributed by atoms with Crippen molar-refractivity contribution in [2.75, 3.05) is 26.2 Å². The van der Waals surface area contributed by atoms with E-state index >= 15 is 0 Å². The summed E-state index contributed by atoms with van der Waals surface area (Å²) < 4.78 is 26.9. The largest absolute Gasteiger partial charge is 0.338 e. The van der Waals surface area contributed by atoms with Gasteiger partial charge in [-0.2, -0.15) is 4.31 Å². The zero-order chi connectivity index (χ0) is 21.1. The first-order chi connectivity index (χ1) is 14.4. The van der Waals surface area contributed by atoms with Crippen LogP contribution in [0.4, 0.5) is 0 Å². The molecule has 2 saturated heterocycles. The maximum Gasteiger partial charge on any atom is 0.253 e. The number of carbonyl (C=O) groups excluding carboxylic acids is 1. The highest BCUT2D eigenvalue weighted by atomic mass is 35.5. The van der Waals surface area contributed by atoms with Crippen molar-refractivity contribution in [2.24, 2.45) is 0 Å². The van der Waals surface area contributed by atoms with Gasteiger partial charge in [0.1, 0.15) is 0 Å². The quantitative estimate of drug-likeness (QED) is 0.693. The van der Waals surface area contributed by atoms with Crippen LogP contribution >= 0.6 is 11.6 Å². The normalized spacial score (nSPS) is 20.8. The number of hydrogen-bond donors (Lipinski definition) is 0. The molecule has 0 aromatic heterocycles. The number of amides is 1. The molecule has 2 fully saturated rings. The average Bonchev–Trinajstić information content (AvgIpc) is 3.20. The Kier molecular flexibility index (Phi) is 6.46. The van der Waals surface area contributed by atoms with Crippen molar-refractivity contribution in [3.05, 3.63) is 64.7 Å². The highest BCUT2D eigenvalue weighted by Gasteiger charge is 2.28. The van der Waals surface area contributed by atoms with Gasteiger partial charge in [0.25, 0.3) is 5.91 Å². The van der Waals surface area contributed by atoms with Crippen molar-refractivity contribution in [3.8, 4) is 0 Å². The molecule has 2 heterocycles. The smallest absolute Gasteiger partial charge is 0.253 e. The van der Waals surface area contributed by atoms with E-state index in [9.17, 15) is 13.2 Å². The van der Waals surface area contributed by atoms with Crippen LogP contribution in [-0.4, -0.2) is 49.7 Å². The molecule has 2 aromatic carbocycles. The van der Waals surface area contributed by atoms with Gasteiger partial charge in [-0.1, -0.05) is 30.2 Å². The Morgan fingerprint density at radius 3 is 2.17 bits per heavy atom. The van der Waals surface area contributed by atoms with Crippen LogP contribution in [0.15, 0.2) is 53.4 Å². The SMILES string of the molecule is O=C(c1ccc(S(=O)(=O)N2CCCC2)cc1)N1CCCCC(c2ccc(Cl)cc2)C1. The fourth-order valence-electron chi connectivity index (χ4n) is 4.36. The van der Waals surface area contributed by atoms with E-state index in [2.05, 4.69) is 0 Å². The molecule has 2 aliphatic heterocycles. The fourth-order valence-corrected chi connectivity index (χ4v) is 6.01. The lowest BCUT2D eigenvalue weighted by atomic mass is 9.94. The van der Waals surface area contributed by atoms with Crippen molar-refractivity contribution in [2.45, 2.75) is 42.9 Å². The molecule has 0 bridgehead atoms. The molecule has 0 radical (unpaired) electrons. The van der Waals surface area contributed by atoms with E-state index in [1.54, 1.807) is 24.3 Å². The summed E-state index contributed by atoms with van der Waals surface area (Å²) in [6.07, 6.45) is 4.89. The molecule has 1 atom stereocenters. The lowest BCUT2D eigenvalue weighted by Crippen LogP contribution is -2.34. The molecule has 0 N–H and O–H groups in total. The second-order valence-corrected chi connectivity index (χ2v) is 10.5. The van der Waals surface area contributed by atoms with Crippen molar-refractivity contribution < 1.29 is 13.2 Å². The second-order valence-electron chi connectivity index (χ2n) is 8.13. The molecular formula is C23H27ClN2O3S. The van der Waals surface area contributed by atoms with E-state index in [-0.39, 0.29) is 16.7 Å². The Morgan fingerprint density at radius 2 is 1.50 bits per heavy atom. The van der Waals surface area contributed by atoms with Gasteiger partial charge in [0.15, 0.2) is 0 Å². The maximum absolute atomic E-state index is 13.1. The summed E-state index contributed by atoms with van der Waals surface area (Å²) in [7, 11) is -3.46. The van der Waals surface area contributed by atoms with Gasteiger partial charge in [0.05, 0.1) is 4.90 Å². The third-order valence-electron chi connectivity index (χ3n) is 6.10. The Morgan fingerprint density at radius 1 is 0.867 bits per heavy atom. The Bertz CT molecular complexity index is 984. The van der Waals surface area contributed by atoms with Crippen LogP contribution < -0.4 is 0 Å². The predicted octanol–water partition coefficient (Wildman–Crippen LogP) is 4.53. The van der Waals surface area contributed by atoms with E-state index in [1.165, 1.54) is 9.87 Å². The number of carbonyl (C=O) groups is 1. The van der Waals surface area contributed by atoms with Gasteiger partial charge >= 0.3 is 0 Å². The zero-order valence-electron chi connectivity index (χ0n) is 17.0. The number of rotatable bonds is 4. The third-order valence-corrected chi connectivity index (χ3v) is 8.27. The molecule has 1 amide bonds. The van der Waals surface area contributed by atoms with Gasteiger partial charge in [-0.25, -0.2) is 8.42 Å². The molecule has 0 spiro atoms. The van der Waals surface area contributed by atoms with Crippen molar-refractivity contribution in [1.29, 1.82) is 0 Å². The first-order valence-electron chi connectivity index (χ1n) is 10.6. The molecular weight excluding hydrogens is 420 g/mol. The number of hydrogen-bond acceptors (Lipinski definition) is 3. The molecule has 5 nitrogen and oxygen atoms in total. The van der Waals surface area contributed by atoms with Gasteiger partial charge < -0.3 is 4.90 Å². The minimum atomic E-state index is -3.46. The third kappa shape index (κ3) is 4.56. The Labute approximate surface area is 183 Å². The van der Waals surface area contributed by atoms with Crippen molar-refractivity contribution >= 4 is 27.5 Å². The van der Waals surface area contributed by atoms with Crippen molar-refractivity contribution in [1.82, 2.24) is 9.21 Å². The standard InChI is InChI=1S/C23H27ClN2O3S/c24-21-10-6-18(7-11-21)20-5-1-2-14-25(17-20)23(27)19-8-12-22(13-9-19)30(28,29)26-15-3-4-16-26/h6-13,20H,1-5,14-17H2. The zero-order valence-corrected chi connectivity index (χ0v) is 18.5. The highest BCUT2D eigenvalue weighted by molar-refractivity contribution is 7.89. The summed E-state index contributed by atoms with van der Waals surface area (Å²) in [4.78, 5) is 15.3. The van der Waals surface area contributed by atoms with E-state index < -0.39 is 10.0 Å². The fraction of sp³-hybridized carbons (Fsp3) is 0.435. The summed E-state index contributed by atoms with van der Waals surface area (Å²) in [6.45, 7) is 2.52. The number of likely N-dealkylation sites (tertiary alicyclic amines) is 1. The molecule has 2 aliphatic rings. The number of sulfonamides is 1. The number of halogens is 1. The molecule has 2 aromatic rings. The van der Waals surface area contributed by atoms with E-state index in [1.807, 2.05) is 29.2 Å². The number of nitrogens with zero attached hydrogens (tertiary/aromatic N) is 2. The molecule has 30 heavy (non-hydrogen) atoms. The van der Waals surface area contributed by atoms with Gasteiger partial charge in [0, 0.05) is 42.7 Å². The van der Waals surface area contributed by atoms with Crippen LogP contribution in [0.5, 0.6) is 0 Å². The monoisotopic (exact) mass is 446 g/mol. The van der Waals surface area contributed by atoms with Crippen LogP contribution in [0, 0.1) is 0 Å². The summed E-state index contributed by atoms with van der Waals surface area (Å²) in [6, 6.07) is 14.3. The van der Waals surface area contributed by atoms with Crippen LogP contribution in [0.2, 0.25) is 5.02 Å². The molecule has 7 heteroatoms. The van der Waals surface area contributed by atoms with E-state index in [0.29, 0.717) is 30.2 Å². The van der Waals surface area contributed by atoms with E-state index in [0.717, 1.165) is 38.6 Å². The summed E-state index contributed by atoms with van der Waals surface area (Å²) >= 11 is 6.02. The van der Waals surface area contributed by atoms with Crippen LogP contribution in [-0.2, 0) is 10.0 Å². The lowest BCUT2D eigenvalue weighted by Gasteiger charge is -2.25. The molecule has 0 saturated carbocycles. The molecule has 1 unspecified atom stereocenters. The average molecular weight is 447 g/mol. The Balaban J connectivity index is 1.49. The summed E-state index contributed by atoms with van der Waals surface area (Å²) in [5.41, 5.74) is 1.73. The molecule has 0 aliphatic carbocycles. The second kappa shape index (κ2) is 9.08.